The minimum absolute atomic E-state index is 0. The minimum atomic E-state index is -0.717. The average Bonchev–Trinajstić information content (AvgIpc) is 2.65. The lowest BCUT2D eigenvalue weighted by Crippen LogP contribution is -2.46. The summed E-state index contributed by atoms with van der Waals surface area (Å²) in [5.74, 6) is 1.20. The topological polar surface area (TPSA) is 74.5 Å². The van der Waals surface area contributed by atoms with Crippen LogP contribution in [0.15, 0.2) is 42.5 Å². The van der Waals surface area contributed by atoms with E-state index in [-0.39, 0.29) is 30.1 Å². The van der Waals surface area contributed by atoms with Gasteiger partial charge < -0.3 is 19.9 Å². The zero-order valence-corrected chi connectivity index (χ0v) is 17.8. The maximum atomic E-state index is 10.2. The van der Waals surface area contributed by atoms with E-state index in [2.05, 4.69) is 19.2 Å². The summed E-state index contributed by atoms with van der Waals surface area (Å²) in [5.41, 5.74) is 1.25. The van der Waals surface area contributed by atoms with E-state index in [1.807, 2.05) is 30.3 Å². The first-order valence-electron chi connectivity index (χ1n) is 8.72. The molecule has 0 aliphatic heterocycles. The first kappa shape index (κ1) is 24.1. The van der Waals surface area contributed by atoms with Gasteiger partial charge >= 0.3 is 0 Å². The second-order valence-corrected chi connectivity index (χ2v) is 7.39. The Morgan fingerprint density at radius 1 is 1.21 bits per heavy atom. The Balaban J connectivity index is 0.00000392. The molecule has 0 saturated carbocycles. The molecule has 5 nitrogen and oxygen atoms in total. The number of benzene rings is 2. The number of nitrogens with zero attached hydrogens (tertiary/aromatic N) is 1. The molecule has 2 aromatic carbocycles. The quantitative estimate of drug-likeness (QED) is 0.636. The number of hydrogen-bond acceptors (Lipinski definition) is 5. The lowest BCUT2D eigenvalue weighted by Gasteiger charge is -2.28. The van der Waals surface area contributed by atoms with E-state index >= 15 is 0 Å². The summed E-state index contributed by atoms with van der Waals surface area (Å²) in [4.78, 5) is 0. The van der Waals surface area contributed by atoms with Crippen molar-refractivity contribution in [2.75, 3.05) is 20.3 Å². The Morgan fingerprint density at radius 3 is 2.50 bits per heavy atom. The van der Waals surface area contributed by atoms with Crippen LogP contribution in [-0.2, 0) is 6.42 Å². The van der Waals surface area contributed by atoms with Crippen molar-refractivity contribution < 1.29 is 14.6 Å². The van der Waals surface area contributed by atoms with E-state index in [1.165, 1.54) is 5.56 Å². The number of methoxy groups -OCH3 is 1. The van der Waals surface area contributed by atoms with Gasteiger partial charge in [0, 0.05) is 12.1 Å². The van der Waals surface area contributed by atoms with Crippen LogP contribution in [0.5, 0.6) is 11.5 Å². The van der Waals surface area contributed by atoms with Gasteiger partial charge in [0.15, 0.2) is 0 Å². The van der Waals surface area contributed by atoms with E-state index in [1.54, 1.807) is 25.3 Å². The van der Waals surface area contributed by atoms with Crippen molar-refractivity contribution in [3.8, 4) is 17.6 Å². The molecule has 0 radical (unpaired) electrons. The van der Waals surface area contributed by atoms with Gasteiger partial charge in [-0.3, -0.25) is 0 Å². The van der Waals surface area contributed by atoms with Gasteiger partial charge in [-0.25, -0.2) is 0 Å². The number of halogens is 2. The highest BCUT2D eigenvalue weighted by Gasteiger charge is 2.20. The fraction of sp³-hybridized carbons (Fsp3) is 0.381. The van der Waals surface area contributed by atoms with Crippen molar-refractivity contribution in [3.05, 3.63) is 58.6 Å². The normalized spacial score (nSPS) is 11.9. The molecule has 0 heterocycles. The van der Waals surface area contributed by atoms with Crippen molar-refractivity contribution in [2.24, 2.45) is 0 Å². The molecule has 0 fully saturated rings. The monoisotopic (exact) mass is 424 g/mol. The highest BCUT2D eigenvalue weighted by molar-refractivity contribution is 6.31. The maximum absolute atomic E-state index is 10.2. The first-order chi connectivity index (χ1) is 12.8. The fourth-order valence-corrected chi connectivity index (χ4v) is 2.90. The van der Waals surface area contributed by atoms with Gasteiger partial charge in [-0.05, 0) is 50.1 Å². The van der Waals surface area contributed by atoms with Gasteiger partial charge in [-0.1, -0.05) is 29.8 Å². The van der Waals surface area contributed by atoms with Crippen LogP contribution in [0, 0.1) is 11.3 Å². The van der Waals surface area contributed by atoms with E-state index in [4.69, 9.17) is 26.3 Å². The van der Waals surface area contributed by atoms with Crippen molar-refractivity contribution in [3.63, 3.8) is 0 Å². The Labute approximate surface area is 177 Å². The summed E-state index contributed by atoms with van der Waals surface area (Å²) in [6.07, 6.45) is 0.0860. The number of hydrogen-bond donors (Lipinski definition) is 2. The molecule has 0 bridgehead atoms. The number of β-amino-alcohol motifs (C(OH)–C–C–N with tert-alkyl or cyclic N) is 1. The Bertz CT molecular complexity index is 789. The molecular weight excluding hydrogens is 399 g/mol. The highest BCUT2D eigenvalue weighted by Crippen LogP contribution is 2.25. The molecule has 0 amide bonds. The molecule has 2 N–H and O–H groups in total. The van der Waals surface area contributed by atoms with Gasteiger partial charge in [0.05, 0.1) is 12.1 Å². The summed E-state index contributed by atoms with van der Waals surface area (Å²) >= 11 is 5.98. The zero-order valence-electron chi connectivity index (χ0n) is 16.2. The molecule has 0 saturated heterocycles. The third-order valence-corrected chi connectivity index (χ3v) is 4.45. The Morgan fingerprint density at radius 2 is 1.89 bits per heavy atom. The molecule has 0 aliphatic carbocycles. The van der Waals surface area contributed by atoms with Gasteiger partial charge in [0.1, 0.15) is 35.8 Å². The molecule has 2 aromatic rings. The molecule has 152 valence electrons. The van der Waals surface area contributed by atoms with E-state index in [0.717, 1.165) is 12.2 Å². The predicted molar refractivity (Wildman–Crippen MR) is 114 cm³/mol. The van der Waals surface area contributed by atoms with E-state index in [9.17, 15) is 5.11 Å². The molecule has 1 atom stereocenters. The van der Waals surface area contributed by atoms with Crippen LogP contribution < -0.4 is 14.8 Å². The third-order valence-electron chi connectivity index (χ3n) is 4.14. The number of nitrogens with one attached hydrogen (secondary N) is 1. The highest BCUT2D eigenvalue weighted by atomic mass is 35.5. The van der Waals surface area contributed by atoms with Crippen LogP contribution in [0.3, 0.4) is 0 Å². The second kappa shape index (κ2) is 11.1. The molecular formula is C21H26Cl2N2O3. The van der Waals surface area contributed by atoms with Crippen LogP contribution in [0.1, 0.15) is 25.0 Å². The molecule has 0 spiro atoms. The summed E-state index contributed by atoms with van der Waals surface area (Å²) in [7, 11) is 1.65. The second-order valence-electron chi connectivity index (χ2n) is 6.98. The Kier molecular flexibility index (Phi) is 9.57. The minimum Gasteiger partial charge on any atom is -0.497 e. The molecule has 0 aliphatic rings. The van der Waals surface area contributed by atoms with Gasteiger partial charge in [-0.2, -0.15) is 5.26 Å². The van der Waals surface area contributed by atoms with Gasteiger partial charge in [0.2, 0.25) is 0 Å². The molecule has 0 aromatic heterocycles. The lowest BCUT2D eigenvalue weighted by molar-refractivity contribution is 0.0987. The average molecular weight is 425 g/mol. The van der Waals surface area contributed by atoms with Gasteiger partial charge in [0.25, 0.3) is 0 Å². The molecule has 2 rings (SSSR count). The van der Waals surface area contributed by atoms with E-state index < -0.39 is 6.10 Å². The molecule has 7 heteroatoms. The maximum Gasteiger partial charge on any atom is 0.138 e. The van der Waals surface area contributed by atoms with Crippen molar-refractivity contribution in [2.45, 2.75) is 31.9 Å². The Hall–Kier alpha value is -1.97. The summed E-state index contributed by atoms with van der Waals surface area (Å²) in [5, 5.41) is 23.1. The molecule has 28 heavy (non-hydrogen) atoms. The number of nitriles is 1. The summed E-state index contributed by atoms with van der Waals surface area (Å²) < 4.78 is 10.7. The van der Waals surface area contributed by atoms with Gasteiger partial charge in [-0.15, -0.1) is 12.4 Å². The van der Waals surface area contributed by atoms with Crippen molar-refractivity contribution in [1.29, 1.82) is 5.26 Å². The standard InChI is InChI=1S/C21H25ClN2O3.ClH/c1-21(2,11-15-7-9-17(26-3)10-8-15)24-13-16(25)14-27-20-6-4-5-19(22)18(20)12-23;/h4-10,16,24-25H,11,13-14H2,1-3H3;1H/t16-;/m1./s1. The van der Waals surface area contributed by atoms with Crippen LogP contribution in [0.2, 0.25) is 5.02 Å². The fourth-order valence-electron chi connectivity index (χ4n) is 2.69. The first-order valence-corrected chi connectivity index (χ1v) is 9.10. The van der Waals surface area contributed by atoms with Crippen molar-refractivity contribution >= 4 is 24.0 Å². The number of aliphatic hydroxyl groups excluding tert-OH is 1. The van der Waals surface area contributed by atoms with Crippen LogP contribution in [-0.4, -0.2) is 37.0 Å². The summed E-state index contributed by atoms with van der Waals surface area (Å²) in [6, 6.07) is 15.0. The molecule has 0 unspecified atom stereocenters. The van der Waals surface area contributed by atoms with Crippen LogP contribution in [0.4, 0.5) is 0 Å². The number of rotatable bonds is 9. The number of ether oxygens (including phenoxy) is 2. The largest absolute Gasteiger partial charge is 0.497 e. The van der Waals surface area contributed by atoms with E-state index in [0.29, 0.717) is 17.3 Å². The van der Waals surface area contributed by atoms with Crippen LogP contribution in [0.25, 0.3) is 0 Å². The SMILES string of the molecule is COc1ccc(CC(C)(C)NC[C@@H](O)COc2cccc(Cl)c2C#N)cc1.Cl. The summed E-state index contributed by atoms with van der Waals surface area (Å²) in [6.45, 7) is 4.59. The zero-order chi connectivity index (χ0) is 19.9. The van der Waals surface area contributed by atoms with Crippen LogP contribution >= 0.6 is 24.0 Å². The number of aliphatic hydroxyl groups is 1. The lowest BCUT2D eigenvalue weighted by atomic mass is 9.94. The third kappa shape index (κ3) is 7.21. The van der Waals surface area contributed by atoms with Crippen molar-refractivity contribution in [1.82, 2.24) is 5.32 Å². The predicted octanol–water partition coefficient (Wildman–Crippen LogP) is 3.99. The smallest absolute Gasteiger partial charge is 0.138 e.